The lowest BCUT2D eigenvalue weighted by atomic mass is 9.82. The Balaban J connectivity index is 1.59. The van der Waals surface area contributed by atoms with Gasteiger partial charge in [0.05, 0.1) is 10.7 Å². The third-order valence-corrected chi connectivity index (χ3v) is 5.50. The van der Waals surface area contributed by atoms with E-state index in [1.54, 1.807) is 30.3 Å². The second-order valence-electron chi connectivity index (χ2n) is 6.85. The Morgan fingerprint density at radius 2 is 1.89 bits per heavy atom. The van der Waals surface area contributed by atoms with Crippen LogP contribution in [0, 0.1) is 11.7 Å². The van der Waals surface area contributed by atoms with Crippen LogP contribution in [0.5, 0.6) is 0 Å². The molecule has 0 aromatic heterocycles. The number of halogens is 2. The number of carbonyl (C=O) groups is 1. The zero-order valence-corrected chi connectivity index (χ0v) is 15.5. The lowest BCUT2D eigenvalue weighted by Crippen LogP contribution is -2.50. The summed E-state index contributed by atoms with van der Waals surface area (Å²) in [6.45, 7) is 1.76. The quantitative estimate of drug-likeness (QED) is 0.791. The molecule has 0 radical (unpaired) electrons. The second-order valence-corrected chi connectivity index (χ2v) is 7.25. The highest BCUT2D eigenvalue weighted by molar-refractivity contribution is 6.32. The minimum atomic E-state index is -0.509. The van der Waals surface area contributed by atoms with Crippen molar-refractivity contribution in [1.82, 2.24) is 4.90 Å². The molecule has 4 nitrogen and oxygen atoms in total. The van der Waals surface area contributed by atoms with E-state index in [-0.39, 0.29) is 11.7 Å². The molecule has 1 amide bonds. The molecule has 0 spiro atoms. The maximum absolute atomic E-state index is 14.3. The third-order valence-electron chi connectivity index (χ3n) is 5.17. The number of amides is 1. The molecule has 0 unspecified atom stereocenters. The van der Waals surface area contributed by atoms with Crippen molar-refractivity contribution >= 4 is 29.5 Å². The molecule has 2 aromatic carbocycles. The monoisotopic (exact) mass is 386 g/mol. The molecule has 2 aromatic rings. The highest BCUT2D eigenvalue weighted by atomic mass is 35.5. The molecule has 1 N–H and O–H groups in total. The Morgan fingerprint density at radius 3 is 2.59 bits per heavy atom. The summed E-state index contributed by atoms with van der Waals surface area (Å²) in [4.78, 5) is 14.6. The minimum Gasteiger partial charge on any atom is -0.439 e. The summed E-state index contributed by atoms with van der Waals surface area (Å²) in [6, 6.07) is 13.8. The zero-order chi connectivity index (χ0) is 18.8. The summed E-state index contributed by atoms with van der Waals surface area (Å²) < 4.78 is 20.0. The number of ether oxygens (including phenoxy) is 1. The molecule has 5 rings (SSSR count). The van der Waals surface area contributed by atoms with Gasteiger partial charge in [0.25, 0.3) is 0 Å². The Bertz CT molecular complexity index is 843. The van der Waals surface area contributed by atoms with Gasteiger partial charge in [-0.3, -0.25) is 5.32 Å². The molecule has 1 atom stereocenters. The molecule has 3 heterocycles. The van der Waals surface area contributed by atoms with E-state index < -0.39 is 12.2 Å². The van der Waals surface area contributed by atoms with E-state index in [2.05, 4.69) is 10.2 Å². The fourth-order valence-corrected chi connectivity index (χ4v) is 4.01. The van der Waals surface area contributed by atoms with Crippen LogP contribution in [0.1, 0.15) is 18.4 Å². The number of nitrogens with one attached hydrogen (secondary N) is 1. The number of nitrogens with zero attached hydrogens (tertiary/aromatic N) is 1. The molecule has 2 bridgehead atoms. The van der Waals surface area contributed by atoms with Gasteiger partial charge in [0, 0.05) is 30.3 Å². The normalized spacial score (nSPS) is 22.7. The number of hydrogen-bond acceptors (Lipinski definition) is 3. The number of piperidine rings is 3. The largest absolute Gasteiger partial charge is 0.439 e. The van der Waals surface area contributed by atoms with Crippen molar-refractivity contribution in [1.29, 1.82) is 0 Å². The lowest BCUT2D eigenvalue weighted by Gasteiger charge is -2.47. The minimum absolute atomic E-state index is 0.230. The van der Waals surface area contributed by atoms with Crippen LogP contribution in [0.3, 0.4) is 0 Å². The predicted octanol–water partition coefficient (Wildman–Crippen LogP) is 5.16. The Kier molecular flexibility index (Phi) is 5.03. The molecule has 3 aliphatic heterocycles. The van der Waals surface area contributed by atoms with Crippen molar-refractivity contribution in [2.75, 3.05) is 18.4 Å². The molecule has 0 aliphatic carbocycles. The number of rotatable bonds is 3. The van der Waals surface area contributed by atoms with Crippen molar-refractivity contribution in [2.24, 2.45) is 5.92 Å². The highest BCUT2D eigenvalue weighted by Gasteiger charge is 2.40. The van der Waals surface area contributed by atoms with Gasteiger partial charge < -0.3 is 9.64 Å². The van der Waals surface area contributed by atoms with Crippen molar-refractivity contribution in [3.63, 3.8) is 0 Å². The molecule has 3 fully saturated rings. The highest BCUT2D eigenvalue weighted by Crippen LogP contribution is 2.38. The van der Waals surface area contributed by atoms with Crippen molar-refractivity contribution < 1.29 is 13.9 Å². The molecule has 140 valence electrons. The topological polar surface area (TPSA) is 41.6 Å². The first-order valence-corrected chi connectivity index (χ1v) is 9.43. The van der Waals surface area contributed by atoms with Crippen LogP contribution in [0.15, 0.2) is 54.2 Å². The van der Waals surface area contributed by atoms with Crippen LogP contribution >= 0.6 is 11.6 Å². The van der Waals surface area contributed by atoms with Crippen LogP contribution < -0.4 is 5.32 Å². The van der Waals surface area contributed by atoms with Crippen LogP contribution in [0.4, 0.5) is 14.9 Å². The maximum Gasteiger partial charge on any atom is 0.412 e. The van der Waals surface area contributed by atoms with E-state index in [1.165, 1.54) is 6.07 Å². The van der Waals surface area contributed by atoms with Gasteiger partial charge in [-0.1, -0.05) is 35.9 Å². The van der Waals surface area contributed by atoms with Gasteiger partial charge in [-0.25, -0.2) is 9.18 Å². The summed E-state index contributed by atoms with van der Waals surface area (Å²) in [5, 5.41) is 3.09. The van der Waals surface area contributed by atoms with Gasteiger partial charge in [-0.2, -0.15) is 0 Å². The summed E-state index contributed by atoms with van der Waals surface area (Å²) in [5.74, 6) is -0.154. The number of para-hydroxylation sites is 1. The van der Waals surface area contributed by atoms with Crippen LogP contribution in [0.25, 0.3) is 6.08 Å². The summed E-state index contributed by atoms with van der Waals surface area (Å²) >= 11 is 6.19. The molecule has 6 heteroatoms. The average Bonchev–Trinajstić information content (AvgIpc) is 2.67. The number of carbonyl (C=O) groups excluding carboxylic acids is 1. The van der Waals surface area contributed by atoms with Crippen LogP contribution in [-0.2, 0) is 4.74 Å². The molecule has 3 saturated heterocycles. The fraction of sp³-hybridized carbons (Fsp3) is 0.286. The second kappa shape index (κ2) is 7.61. The predicted molar refractivity (Wildman–Crippen MR) is 104 cm³/mol. The molecule has 0 saturated carbocycles. The first-order chi connectivity index (χ1) is 13.1. The van der Waals surface area contributed by atoms with Crippen LogP contribution in [-0.4, -0.2) is 30.2 Å². The van der Waals surface area contributed by atoms with Gasteiger partial charge >= 0.3 is 6.09 Å². The van der Waals surface area contributed by atoms with Crippen molar-refractivity contribution in [2.45, 2.75) is 18.9 Å². The fourth-order valence-electron chi connectivity index (χ4n) is 3.79. The average molecular weight is 387 g/mol. The third kappa shape index (κ3) is 3.78. The van der Waals surface area contributed by atoms with Crippen LogP contribution in [0.2, 0.25) is 5.02 Å². The van der Waals surface area contributed by atoms with E-state index in [0.29, 0.717) is 16.3 Å². The van der Waals surface area contributed by atoms with Gasteiger partial charge in [0.15, 0.2) is 0 Å². The van der Waals surface area contributed by atoms with Crippen molar-refractivity contribution in [3.8, 4) is 0 Å². The Morgan fingerprint density at radius 1 is 1.15 bits per heavy atom. The molecule has 27 heavy (non-hydrogen) atoms. The number of anilines is 1. The first kappa shape index (κ1) is 17.9. The summed E-state index contributed by atoms with van der Waals surface area (Å²) in [5.41, 5.74) is 1.82. The molecular formula is C21H20ClFN2O2. The number of fused-ring (bicyclic) bond motifs is 3. The Labute approximate surface area is 162 Å². The SMILES string of the molecule is O=C(Nc1ccccc1)O[C@@H]1C(=Cc2c(F)cccc2Cl)N2CCC1CC2. The van der Waals surface area contributed by atoms with E-state index in [0.717, 1.165) is 31.6 Å². The maximum atomic E-state index is 14.3. The Hall–Kier alpha value is -2.53. The van der Waals surface area contributed by atoms with Gasteiger partial charge in [0.1, 0.15) is 11.9 Å². The van der Waals surface area contributed by atoms with Gasteiger partial charge in [-0.15, -0.1) is 0 Å². The van der Waals surface area contributed by atoms with E-state index in [4.69, 9.17) is 16.3 Å². The lowest BCUT2D eigenvalue weighted by molar-refractivity contribution is 0.0103. The van der Waals surface area contributed by atoms with E-state index in [9.17, 15) is 9.18 Å². The summed E-state index contributed by atoms with van der Waals surface area (Å²) in [6.07, 6.45) is 2.71. The van der Waals surface area contributed by atoms with Gasteiger partial charge in [-0.05, 0) is 43.2 Å². The van der Waals surface area contributed by atoms with Gasteiger partial charge in [0.2, 0.25) is 0 Å². The van der Waals surface area contributed by atoms with E-state index in [1.807, 2.05) is 18.2 Å². The molecular weight excluding hydrogens is 367 g/mol. The van der Waals surface area contributed by atoms with E-state index >= 15 is 0 Å². The zero-order valence-electron chi connectivity index (χ0n) is 14.7. The standard InChI is InChI=1S/C21H20ClFN2O2/c22-17-7-4-8-18(23)16(17)13-19-20(14-9-11-25(19)12-10-14)27-21(26)24-15-5-2-1-3-6-15/h1-8,13-14,20H,9-12H2,(H,24,26)/t20-/m0/s1. The molecule has 3 aliphatic rings. The smallest absolute Gasteiger partial charge is 0.412 e. The number of hydrogen-bond donors (Lipinski definition) is 1. The first-order valence-electron chi connectivity index (χ1n) is 9.05. The van der Waals surface area contributed by atoms with Crippen molar-refractivity contribution in [3.05, 3.63) is 70.6 Å². The summed E-state index contributed by atoms with van der Waals surface area (Å²) in [7, 11) is 0. The number of benzene rings is 2.